The number of carbonyl (C=O) groups excluding carboxylic acids is 1. The van der Waals surface area contributed by atoms with Crippen LogP contribution >= 0.6 is 11.6 Å². The second kappa shape index (κ2) is 9.53. The van der Waals surface area contributed by atoms with Gasteiger partial charge in [0, 0.05) is 22.7 Å². The smallest absolute Gasteiger partial charge is 0.227 e. The first-order valence-electron chi connectivity index (χ1n) is 9.84. The molecular formula is C24H21ClN2O4. The number of nitrogens with one attached hydrogen (secondary N) is 1. The van der Waals surface area contributed by atoms with Crippen LogP contribution in [0.15, 0.2) is 71.1 Å². The van der Waals surface area contributed by atoms with Crippen LogP contribution in [0, 0.1) is 0 Å². The van der Waals surface area contributed by atoms with Gasteiger partial charge < -0.3 is 19.2 Å². The number of rotatable bonds is 8. The SMILES string of the molecule is COc1ccc(OCCCC(=O)Nc2ccc3oc(-c4cccc(Cl)c4)nc3c2)cc1. The van der Waals surface area contributed by atoms with E-state index in [0.717, 1.165) is 17.1 Å². The predicted molar refractivity (Wildman–Crippen MR) is 121 cm³/mol. The summed E-state index contributed by atoms with van der Waals surface area (Å²) in [5, 5.41) is 3.51. The normalized spacial score (nSPS) is 10.8. The zero-order valence-corrected chi connectivity index (χ0v) is 17.7. The Morgan fingerprint density at radius 1 is 1.06 bits per heavy atom. The van der Waals surface area contributed by atoms with Crippen molar-refractivity contribution in [1.82, 2.24) is 4.98 Å². The predicted octanol–water partition coefficient (Wildman–Crippen LogP) is 5.95. The van der Waals surface area contributed by atoms with Crippen LogP contribution in [-0.2, 0) is 4.79 Å². The quantitative estimate of drug-likeness (QED) is 0.345. The van der Waals surface area contributed by atoms with Gasteiger partial charge in [-0.05, 0) is 67.1 Å². The van der Waals surface area contributed by atoms with Crippen molar-refractivity contribution in [2.45, 2.75) is 12.8 Å². The molecule has 6 nitrogen and oxygen atoms in total. The summed E-state index contributed by atoms with van der Waals surface area (Å²) in [6.45, 7) is 0.449. The van der Waals surface area contributed by atoms with Crippen molar-refractivity contribution < 1.29 is 18.7 Å². The molecule has 0 saturated carbocycles. The fraction of sp³-hybridized carbons (Fsp3) is 0.167. The number of oxazole rings is 1. The number of hydrogen-bond donors (Lipinski definition) is 1. The number of amides is 1. The summed E-state index contributed by atoms with van der Waals surface area (Å²) in [4.78, 5) is 16.8. The van der Waals surface area contributed by atoms with Gasteiger partial charge in [-0.15, -0.1) is 0 Å². The van der Waals surface area contributed by atoms with E-state index in [1.54, 1.807) is 37.4 Å². The summed E-state index contributed by atoms with van der Waals surface area (Å²) in [5.74, 6) is 1.91. The molecule has 0 aliphatic rings. The first kappa shape index (κ1) is 20.8. The van der Waals surface area contributed by atoms with Gasteiger partial charge in [-0.3, -0.25) is 4.79 Å². The summed E-state index contributed by atoms with van der Waals surface area (Å²) >= 11 is 6.04. The number of anilines is 1. The van der Waals surface area contributed by atoms with Crippen LogP contribution in [0.2, 0.25) is 5.02 Å². The fourth-order valence-electron chi connectivity index (χ4n) is 3.07. The molecule has 0 atom stereocenters. The minimum absolute atomic E-state index is 0.0868. The van der Waals surface area contributed by atoms with Crippen molar-refractivity contribution >= 4 is 34.3 Å². The van der Waals surface area contributed by atoms with Crippen molar-refractivity contribution in [2.75, 3.05) is 19.0 Å². The molecule has 0 aliphatic heterocycles. The number of carbonyl (C=O) groups is 1. The molecule has 0 saturated heterocycles. The second-order valence-corrected chi connectivity index (χ2v) is 7.32. The van der Waals surface area contributed by atoms with Crippen LogP contribution < -0.4 is 14.8 Å². The molecule has 3 aromatic carbocycles. The maximum absolute atomic E-state index is 12.3. The summed E-state index contributed by atoms with van der Waals surface area (Å²) in [6.07, 6.45) is 0.948. The molecule has 4 rings (SSSR count). The van der Waals surface area contributed by atoms with E-state index in [1.807, 2.05) is 36.4 Å². The minimum atomic E-state index is -0.0868. The molecule has 158 valence electrons. The average Bonchev–Trinajstić information content (AvgIpc) is 3.21. The maximum atomic E-state index is 12.3. The molecule has 1 N–H and O–H groups in total. The van der Waals surface area contributed by atoms with Crippen molar-refractivity contribution in [3.63, 3.8) is 0 Å². The van der Waals surface area contributed by atoms with E-state index in [0.29, 0.717) is 47.1 Å². The number of ether oxygens (including phenoxy) is 2. The molecule has 0 spiro atoms. The average molecular weight is 437 g/mol. The molecule has 1 aromatic heterocycles. The Hall–Kier alpha value is -3.51. The number of hydrogen-bond acceptors (Lipinski definition) is 5. The van der Waals surface area contributed by atoms with Gasteiger partial charge in [0.2, 0.25) is 11.8 Å². The minimum Gasteiger partial charge on any atom is -0.497 e. The highest BCUT2D eigenvalue weighted by Gasteiger charge is 2.10. The molecule has 4 aromatic rings. The monoisotopic (exact) mass is 436 g/mol. The highest BCUT2D eigenvalue weighted by atomic mass is 35.5. The third-order valence-corrected chi connectivity index (χ3v) is 4.85. The molecular weight excluding hydrogens is 416 g/mol. The highest BCUT2D eigenvalue weighted by molar-refractivity contribution is 6.30. The number of nitrogens with zero attached hydrogens (tertiary/aromatic N) is 1. The van der Waals surface area contributed by atoms with Crippen molar-refractivity contribution in [3.8, 4) is 23.0 Å². The topological polar surface area (TPSA) is 73.6 Å². The van der Waals surface area contributed by atoms with Crippen molar-refractivity contribution in [1.29, 1.82) is 0 Å². The first-order chi connectivity index (χ1) is 15.1. The van der Waals surface area contributed by atoms with Gasteiger partial charge >= 0.3 is 0 Å². The number of benzene rings is 3. The van der Waals surface area contributed by atoms with Crippen molar-refractivity contribution in [2.24, 2.45) is 0 Å². The Morgan fingerprint density at radius 3 is 2.65 bits per heavy atom. The Morgan fingerprint density at radius 2 is 1.87 bits per heavy atom. The molecule has 0 fully saturated rings. The second-order valence-electron chi connectivity index (χ2n) is 6.89. The summed E-state index contributed by atoms with van der Waals surface area (Å²) in [7, 11) is 1.62. The van der Waals surface area contributed by atoms with Gasteiger partial charge in [-0.25, -0.2) is 4.98 Å². The standard InChI is InChI=1S/C24H21ClN2O4/c1-29-19-8-10-20(11-9-19)30-13-3-6-23(28)26-18-7-12-22-21(15-18)27-24(31-22)16-4-2-5-17(25)14-16/h2,4-5,7-12,14-15H,3,6,13H2,1H3,(H,26,28). The molecule has 0 unspecified atom stereocenters. The van der Waals surface area contributed by atoms with Gasteiger partial charge in [0.1, 0.15) is 17.0 Å². The number of fused-ring (bicyclic) bond motifs is 1. The largest absolute Gasteiger partial charge is 0.497 e. The summed E-state index contributed by atoms with van der Waals surface area (Å²) in [6, 6.07) is 20.0. The van der Waals surface area contributed by atoms with E-state index in [2.05, 4.69) is 10.3 Å². The van der Waals surface area contributed by atoms with Gasteiger partial charge in [0.25, 0.3) is 0 Å². The third kappa shape index (κ3) is 5.35. The van der Waals surface area contributed by atoms with E-state index >= 15 is 0 Å². The zero-order valence-electron chi connectivity index (χ0n) is 16.9. The van der Waals surface area contributed by atoms with Gasteiger partial charge in [-0.1, -0.05) is 17.7 Å². The Bertz CT molecular complexity index is 1190. The molecule has 0 radical (unpaired) electrons. The van der Waals surface area contributed by atoms with E-state index in [9.17, 15) is 4.79 Å². The zero-order chi connectivity index (χ0) is 21.6. The molecule has 1 amide bonds. The number of aromatic nitrogens is 1. The van der Waals surface area contributed by atoms with Crippen LogP contribution in [0.5, 0.6) is 11.5 Å². The lowest BCUT2D eigenvalue weighted by atomic mass is 10.2. The Balaban J connectivity index is 1.31. The van der Waals surface area contributed by atoms with Crippen LogP contribution in [0.25, 0.3) is 22.6 Å². The third-order valence-electron chi connectivity index (χ3n) is 4.62. The van der Waals surface area contributed by atoms with Crippen LogP contribution in [0.1, 0.15) is 12.8 Å². The van der Waals surface area contributed by atoms with Crippen molar-refractivity contribution in [3.05, 3.63) is 71.8 Å². The first-order valence-corrected chi connectivity index (χ1v) is 10.2. The number of methoxy groups -OCH3 is 1. The van der Waals surface area contributed by atoms with E-state index in [4.69, 9.17) is 25.5 Å². The Kier molecular flexibility index (Phi) is 6.38. The van der Waals surface area contributed by atoms with E-state index in [1.165, 1.54) is 0 Å². The van der Waals surface area contributed by atoms with E-state index in [-0.39, 0.29) is 5.91 Å². The lowest BCUT2D eigenvalue weighted by Gasteiger charge is -2.08. The van der Waals surface area contributed by atoms with Crippen LogP contribution in [-0.4, -0.2) is 24.6 Å². The van der Waals surface area contributed by atoms with E-state index < -0.39 is 0 Å². The number of halogens is 1. The lowest BCUT2D eigenvalue weighted by Crippen LogP contribution is -2.12. The Labute approximate surface area is 184 Å². The molecule has 31 heavy (non-hydrogen) atoms. The molecule has 1 heterocycles. The summed E-state index contributed by atoms with van der Waals surface area (Å²) < 4.78 is 16.6. The van der Waals surface area contributed by atoms with Gasteiger partial charge in [0.15, 0.2) is 5.58 Å². The lowest BCUT2D eigenvalue weighted by molar-refractivity contribution is -0.116. The van der Waals surface area contributed by atoms with Crippen LogP contribution in [0.4, 0.5) is 5.69 Å². The molecule has 0 bridgehead atoms. The fourth-order valence-corrected chi connectivity index (χ4v) is 3.26. The highest BCUT2D eigenvalue weighted by Crippen LogP contribution is 2.27. The van der Waals surface area contributed by atoms with Crippen LogP contribution in [0.3, 0.4) is 0 Å². The summed E-state index contributed by atoms with van der Waals surface area (Å²) in [5.41, 5.74) is 2.77. The molecule has 0 aliphatic carbocycles. The van der Waals surface area contributed by atoms with Gasteiger partial charge in [0.05, 0.1) is 13.7 Å². The maximum Gasteiger partial charge on any atom is 0.227 e. The van der Waals surface area contributed by atoms with Gasteiger partial charge in [-0.2, -0.15) is 0 Å². The molecule has 7 heteroatoms.